The molecule has 0 atom stereocenters. The third-order valence-electron chi connectivity index (χ3n) is 2.60. The van der Waals surface area contributed by atoms with Gasteiger partial charge in [0.1, 0.15) is 5.82 Å². The Hall–Kier alpha value is -1.39. The van der Waals surface area contributed by atoms with Gasteiger partial charge in [0.2, 0.25) is 0 Å². The Morgan fingerprint density at radius 3 is 2.63 bits per heavy atom. The van der Waals surface area contributed by atoms with Crippen LogP contribution in [0.5, 0.6) is 0 Å². The lowest BCUT2D eigenvalue weighted by Gasteiger charge is -2.07. The number of nitrogens with one attached hydrogen (secondary N) is 1. The summed E-state index contributed by atoms with van der Waals surface area (Å²) in [6, 6.07) is 9.31. The molecule has 5 heteroatoms. The molecule has 0 saturated carbocycles. The zero-order valence-electron chi connectivity index (χ0n) is 10.0. The molecular formula is C14H10BrClFNO. The van der Waals surface area contributed by atoms with Gasteiger partial charge in [-0.2, -0.15) is 0 Å². The second-order valence-corrected chi connectivity index (χ2v) is 5.31. The molecular weight excluding hydrogens is 333 g/mol. The van der Waals surface area contributed by atoms with E-state index in [0.717, 1.165) is 0 Å². The van der Waals surface area contributed by atoms with Gasteiger partial charge in [-0.25, -0.2) is 4.39 Å². The molecule has 0 unspecified atom stereocenters. The minimum Gasteiger partial charge on any atom is -0.322 e. The van der Waals surface area contributed by atoms with E-state index >= 15 is 0 Å². The normalized spacial score (nSPS) is 10.3. The van der Waals surface area contributed by atoms with E-state index in [9.17, 15) is 9.18 Å². The number of carbonyl (C=O) groups is 1. The number of hydrogen-bond donors (Lipinski definition) is 1. The van der Waals surface area contributed by atoms with Crippen molar-refractivity contribution in [3.8, 4) is 0 Å². The third-order valence-corrected chi connectivity index (χ3v) is 3.81. The van der Waals surface area contributed by atoms with Crippen molar-refractivity contribution in [2.45, 2.75) is 6.92 Å². The van der Waals surface area contributed by atoms with Crippen LogP contribution in [0.15, 0.2) is 40.9 Å². The van der Waals surface area contributed by atoms with Crippen molar-refractivity contribution in [3.05, 3.63) is 62.8 Å². The number of halogens is 3. The molecule has 0 aliphatic rings. The van der Waals surface area contributed by atoms with Gasteiger partial charge in [0.25, 0.3) is 5.91 Å². The van der Waals surface area contributed by atoms with Gasteiger partial charge < -0.3 is 5.32 Å². The molecule has 0 fully saturated rings. The first-order valence-electron chi connectivity index (χ1n) is 5.50. The molecule has 0 aliphatic heterocycles. The van der Waals surface area contributed by atoms with Gasteiger partial charge >= 0.3 is 0 Å². The maximum atomic E-state index is 13.1. The van der Waals surface area contributed by atoms with Crippen molar-refractivity contribution < 1.29 is 9.18 Å². The zero-order chi connectivity index (χ0) is 14.0. The second kappa shape index (κ2) is 5.72. The molecule has 2 nitrogen and oxygen atoms in total. The summed E-state index contributed by atoms with van der Waals surface area (Å²) in [5.41, 5.74) is 1.50. The van der Waals surface area contributed by atoms with Crippen LogP contribution in [-0.2, 0) is 0 Å². The van der Waals surface area contributed by atoms with E-state index in [0.29, 0.717) is 26.3 Å². The first kappa shape index (κ1) is 14.0. The van der Waals surface area contributed by atoms with Crippen molar-refractivity contribution >= 4 is 39.1 Å². The summed E-state index contributed by atoms with van der Waals surface area (Å²) in [6.07, 6.45) is 0. The summed E-state index contributed by atoms with van der Waals surface area (Å²) in [5.74, 6) is -0.574. The molecule has 0 heterocycles. The van der Waals surface area contributed by atoms with Gasteiger partial charge in [-0.3, -0.25) is 4.79 Å². The van der Waals surface area contributed by atoms with Gasteiger partial charge in [-0.15, -0.1) is 0 Å². The van der Waals surface area contributed by atoms with Crippen LogP contribution < -0.4 is 5.32 Å². The summed E-state index contributed by atoms with van der Waals surface area (Å²) in [7, 11) is 0. The first-order valence-corrected chi connectivity index (χ1v) is 6.67. The molecule has 0 radical (unpaired) electrons. The standard InChI is InChI=1S/C14H10BrClFNO/c1-8-6-10(3-5-13(8)17)18-14(19)9-2-4-12(16)11(15)7-9/h2-7H,1H3,(H,18,19). The molecule has 2 rings (SSSR count). The zero-order valence-corrected chi connectivity index (χ0v) is 12.3. The largest absolute Gasteiger partial charge is 0.322 e. The van der Waals surface area contributed by atoms with E-state index in [1.54, 1.807) is 31.2 Å². The van der Waals surface area contributed by atoms with E-state index in [2.05, 4.69) is 21.2 Å². The van der Waals surface area contributed by atoms with Crippen molar-refractivity contribution in [2.24, 2.45) is 0 Å². The molecule has 1 N–H and O–H groups in total. The van der Waals surface area contributed by atoms with Crippen LogP contribution in [0.3, 0.4) is 0 Å². The molecule has 0 saturated heterocycles. The van der Waals surface area contributed by atoms with E-state index < -0.39 is 0 Å². The van der Waals surface area contributed by atoms with Crippen LogP contribution >= 0.6 is 27.5 Å². The highest BCUT2D eigenvalue weighted by Gasteiger charge is 2.09. The number of anilines is 1. The minimum absolute atomic E-state index is 0.275. The molecule has 0 bridgehead atoms. The first-order chi connectivity index (χ1) is 8.97. The Bertz CT molecular complexity index is 645. The average Bonchev–Trinajstić information content (AvgIpc) is 2.37. The van der Waals surface area contributed by atoms with Crippen molar-refractivity contribution in [1.29, 1.82) is 0 Å². The Morgan fingerprint density at radius 2 is 2.00 bits per heavy atom. The summed E-state index contributed by atoms with van der Waals surface area (Å²) >= 11 is 9.12. The maximum Gasteiger partial charge on any atom is 0.255 e. The Kier molecular flexibility index (Phi) is 4.22. The number of hydrogen-bond acceptors (Lipinski definition) is 1. The SMILES string of the molecule is Cc1cc(NC(=O)c2ccc(Cl)c(Br)c2)ccc1F. The lowest BCUT2D eigenvalue weighted by atomic mass is 10.2. The molecule has 0 spiro atoms. The van der Waals surface area contributed by atoms with Crippen LogP contribution in [-0.4, -0.2) is 5.91 Å². The molecule has 0 aliphatic carbocycles. The van der Waals surface area contributed by atoms with Crippen molar-refractivity contribution in [2.75, 3.05) is 5.32 Å². The molecule has 1 amide bonds. The smallest absolute Gasteiger partial charge is 0.255 e. The average molecular weight is 343 g/mol. The summed E-state index contributed by atoms with van der Waals surface area (Å²) in [6.45, 7) is 1.64. The van der Waals surface area contributed by atoms with Gasteiger partial charge in [0, 0.05) is 15.7 Å². The predicted octanol–water partition coefficient (Wildman–Crippen LogP) is 4.80. The van der Waals surface area contributed by atoms with E-state index in [4.69, 9.17) is 11.6 Å². The second-order valence-electron chi connectivity index (χ2n) is 4.05. The number of carbonyl (C=O) groups excluding carboxylic acids is 1. The van der Waals surface area contributed by atoms with Crippen molar-refractivity contribution in [3.63, 3.8) is 0 Å². The number of amides is 1. The topological polar surface area (TPSA) is 29.1 Å². The highest BCUT2D eigenvalue weighted by atomic mass is 79.9. The number of aryl methyl sites for hydroxylation is 1. The molecule has 0 aromatic heterocycles. The fraction of sp³-hybridized carbons (Fsp3) is 0.0714. The fourth-order valence-electron chi connectivity index (χ4n) is 1.56. The van der Waals surface area contributed by atoms with E-state index in [-0.39, 0.29) is 11.7 Å². The van der Waals surface area contributed by atoms with Crippen LogP contribution in [0.4, 0.5) is 10.1 Å². The molecule has 19 heavy (non-hydrogen) atoms. The van der Waals surface area contributed by atoms with Crippen molar-refractivity contribution in [1.82, 2.24) is 0 Å². The van der Waals surface area contributed by atoms with Crippen LogP contribution in [0.1, 0.15) is 15.9 Å². The van der Waals surface area contributed by atoms with Gasteiger partial charge in [-0.1, -0.05) is 11.6 Å². The Labute approximate surface area is 123 Å². The maximum absolute atomic E-state index is 13.1. The Balaban J connectivity index is 2.20. The van der Waals surface area contributed by atoms with Crippen LogP contribution in [0.2, 0.25) is 5.02 Å². The third kappa shape index (κ3) is 3.33. The van der Waals surface area contributed by atoms with Crippen LogP contribution in [0.25, 0.3) is 0 Å². The lowest BCUT2D eigenvalue weighted by Crippen LogP contribution is -2.12. The lowest BCUT2D eigenvalue weighted by molar-refractivity contribution is 0.102. The highest BCUT2D eigenvalue weighted by Crippen LogP contribution is 2.24. The van der Waals surface area contributed by atoms with Gasteiger partial charge in [0.15, 0.2) is 0 Å². The predicted molar refractivity (Wildman–Crippen MR) is 78.2 cm³/mol. The van der Waals surface area contributed by atoms with Gasteiger partial charge in [0.05, 0.1) is 5.02 Å². The molecule has 2 aromatic carbocycles. The monoisotopic (exact) mass is 341 g/mol. The Morgan fingerprint density at radius 1 is 1.26 bits per heavy atom. The van der Waals surface area contributed by atoms with Crippen LogP contribution in [0, 0.1) is 12.7 Å². The highest BCUT2D eigenvalue weighted by molar-refractivity contribution is 9.10. The molecule has 98 valence electrons. The summed E-state index contributed by atoms with van der Waals surface area (Å²) in [4.78, 5) is 12.0. The number of benzene rings is 2. The summed E-state index contributed by atoms with van der Waals surface area (Å²) < 4.78 is 13.8. The van der Waals surface area contributed by atoms with E-state index in [1.165, 1.54) is 12.1 Å². The fourth-order valence-corrected chi connectivity index (χ4v) is 2.06. The quantitative estimate of drug-likeness (QED) is 0.834. The number of rotatable bonds is 2. The molecule has 2 aromatic rings. The summed E-state index contributed by atoms with van der Waals surface area (Å²) in [5, 5.41) is 3.24. The van der Waals surface area contributed by atoms with E-state index in [1.807, 2.05) is 0 Å². The van der Waals surface area contributed by atoms with Gasteiger partial charge in [-0.05, 0) is 64.8 Å². The minimum atomic E-state index is -0.299.